The number of rotatable bonds is 3. The first-order valence-electron chi connectivity index (χ1n) is 6.07. The standard InChI is InChI=1S/C15H13N3O/c19-15(17-10-12-3-1-7-16-9-12)13-5-6-14-4-2-8-18(14)11-13/h1-9,11H,10H2,(H,17,19). The molecule has 0 saturated carbocycles. The largest absolute Gasteiger partial charge is 0.348 e. The highest BCUT2D eigenvalue weighted by Gasteiger charge is 2.06. The molecule has 0 fully saturated rings. The first-order chi connectivity index (χ1) is 9.33. The molecule has 94 valence electrons. The van der Waals surface area contributed by atoms with Crippen LogP contribution in [0.1, 0.15) is 15.9 Å². The molecule has 0 spiro atoms. The lowest BCUT2D eigenvalue weighted by atomic mass is 10.2. The molecule has 19 heavy (non-hydrogen) atoms. The second-order valence-electron chi connectivity index (χ2n) is 4.30. The quantitative estimate of drug-likeness (QED) is 0.776. The van der Waals surface area contributed by atoms with Crippen LogP contribution in [0.25, 0.3) is 5.52 Å². The number of amides is 1. The predicted molar refractivity (Wildman–Crippen MR) is 72.8 cm³/mol. The van der Waals surface area contributed by atoms with Crippen LogP contribution in [0.3, 0.4) is 0 Å². The molecule has 3 aromatic heterocycles. The molecule has 4 heteroatoms. The summed E-state index contributed by atoms with van der Waals surface area (Å²) in [4.78, 5) is 16.1. The first-order valence-corrected chi connectivity index (χ1v) is 6.07. The topological polar surface area (TPSA) is 46.4 Å². The van der Waals surface area contributed by atoms with Crippen molar-refractivity contribution in [2.24, 2.45) is 0 Å². The van der Waals surface area contributed by atoms with E-state index in [1.54, 1.807) is 12.4 Å². The van der Waals surface area contributed by atoms with Gasteiger partial charge in [0.25, 0.3) is 5.91 Å². The third-order valence-electron chi connectivity index (χ3n) is 2.96. The van der Waals surface area contributed by atoms with Gasteiger partial charge in [0.2, 0.25) is 0 Å². The molecule has 1 N–H and O–H groups in total. The summed E-state index contributed by atoms with van der Waals surface area (Å²) in [6.07, 6.45) is 7.21. The highest BCUT2D eigenvalue weighted by Crippen LogP contribution is 2.07. The molecule has 0 aliphatic heterocycles. The van der Waals surface area contributed by atoms with E-state index in [4.69, 9.17) is 0 Å². The van der Waals surface area contributed by atoms with Crippen LogP contribution in [0.15, 0.2) is 61.2 Å². The lowest BCUT2D eigenvalue weighted by Crippen LogP contribution is -2.23. The number of aromatic nitrogens is 2. The summed E-state index contributed by atoms with van der Waals surface area (Å²) in [6.45, 7) is 0.483. The summed E-state index contributed by atoms with van der Waals surface area (Å²) in [5.74, 6) is -0.0838. The first kappa shape index (κ1) is 11.5. The molecular formula is C15H13N3O. The van der Waals surface area contributed by atoms with Crippen molar-refractivity contribution in [3.8, 4) is 0 Å². The third kappa shape index (κ3) is 2.47. The summed E-state index contributed by atoms with van der Waals surface area (Å²) >= 11 is 0. The number of fused-ring (bicyclic) bond motifs is 1. The van der Waals surface area contributed by atoms with Crippen LogP contribution >= 0.6 is 0 Å². The van der Waals surface area contributed by atoms with E-state index in [1.165, 1.54) is 0 Å². The van der Waals surface area contributed by atoms with E-state index in [0.717, 1.165) is 11.1 Å². The monoisotopic (exact) mass is 251 g/mol. The molecule has 0 atom stereocenters. The Hall–Kier alpha value is -2.62. The fraction of sp³-hybridized carbons (Fsp3) is 0.0667. The Morgan fingerprint density at radius 3 is 3.00 bits per heavy atom. The maximum absolute atomic E-state index is 12.0. The maximum atomic E-state index is 12.0. The summed E-state index contributed by atoms with van der Waals surface area (Å²) in [7, 11) is 0. The Labute approximate surface area is 110 Å². The van der Waals surface area contributed by atoms with Crippen LogP contribution in [0.2, 0.25) is 0 Å². The minimum atomic E-state index is -0.0838. The van der Waals surface area contributed by atoms with Gasteiger partial charge in [-0.15, -0.1) is 0 Å². The Morgan fingerprint density at radius 2 is 2.16 bits per heavy atom. The van der Waals surface area contributed by atoms with Gasteiger partial charge in [-0.2, -0.15) is 0 Å². The van der Waals surface area contributed by atoms with Crippen molar-refractivity contribution >= 4 is 11.4 Å². The van der Waals surface area contributed by atoms with E-state index < -0.39 is 0 Å². The van der Waals surface area contributed by atoms with Gasteiger partial charge in [0.15, 0.2) is 0 Å². The van der Waals surface area contributed by atoms with Crippen LogP contribution in [-0.4, -0.2) is 15.3 Å². The molecule has 0 saturated heterocycles. The molecule has 0 radical (unpaired) electrons. The van der Waals surface area contributed by atoms with Crippen molar-refractivity contribution in [2.45, 2.75) is 6.54 Å². The zero-order valence-corrected chi connectivity index (χ0v) is 10.3. The van der Waals surface area contributed by atoms with Crippen molar-refractivity contribution in [1.82, 2.24) is 14.7 Å². The highest BCUT2D eigenvalue weighted by molar-refractivity contribution is 5.94. The average molecular weight is 251 g/mol. The van der Waals surface area contributed by atoms with E-state index in [2.05, 4.69) is 10.3 Å². The zero-order valence-electron chi connectivity index (χ0n) is 10.3. The average Bonchev–Trinajstić information content (AvgIpc) is 2.93. The molecule has 4 nitrogen and oxygen atoms in total. The van der Waals surface area contributed by atoms with Crippen LogP contribution in [0.5, 0.6) is 0 Å². The SMILES string of the molecule is O=C(NCc1cccnc1)c1ccc2cccn2c1. The minimum Gasteiger partial charge on any atom is -0.348 e. The molecule has 0 bridgehead atoms. The molecule has 3 heterocycles. The van der Waals surface area contributed by atoms with E-state index in [9.17, 15) is 4.79 Å². The highest BCUT2D eigenvalue weighted by atomic mass is 16.1. The van der Waals surface area contributed by atoms with Crippen LogP contribution in [-0.2, 0) is 6.54 Å². The van der Waals surface area contributed by atoms with Gasteiger partial charge in [-0.1, -0.05) is 6.07 Å². The van der Waals surface area contributed by atoms with Crippen LogP contribution in [0, 0.1) is 0 Å². The number of pyridine rings is 2. The number of nitrogens with zero attached hydrogens (tertiary/aromatic N) is 2. The van der Waals surface area contributed by atoms with Crippen LogP contribution < -0.4 is 5.32 Å². The van der Waals surface area contributed by atoms with E-state index in [-0.39, 0.29) is 5.91 Å². The zero-order chi connectivity index (χ0) is 13.1. The van der Waals surface area contributed by atoms with Gasteiger partial charge in [0, 0.05) is 36.8 Å². The van der Waals surface area contributed by atoms with Crippen molar-refractivity contribution in [3.63, 3.8) is 0 Å². The van der Waals surface area contributed by atoms with Crippen molar-refractivity contribution in [1.29, 1.82) is 0 Å². The Balaban J connectivity index is 1.73. The number of hydrogen-bond acceptors (Lipinski definition) is 2. The minimum absolute atomic E-state index is 0.0838. The predicted octanol–water partition coefficient (Wildman–Crippen LogP) is 2.26. The molecule has 3 aromatic rings. The Bertz CT molecular complexity index is 703. The van der Waals surface area contributed by atoms with Crippen molar-refractivity contribution in [3.05, 3.63) is 72.3 Å². The number of hydrogen-bond donors (Lipinski definition) is 1. The molecule has 0 aliphatic carbocycles. The number of nitrogens with one attached hydrogen (secondary N) is 1. The maximum Gasteiger partial charge on any atom is 0.253 e. The van der Waals surface area contributed by atoms with Gasteiger partial charge < -0.3 is 9.72 Å². The Morgan fingerprint density at radius 1 is 1.21 bits per heavy atom. The molecular weight excluding hydrogens is 238 g/mol. The van der Waals surface area contributed by atoms with E-state index >= 15 is 0 Å². The van der Waals surface area contributed by atoms with Gasteiger partial charge in [-0.05, 0) is 35.9 Å². The second kappa shape index (κ2) is 4.94. The molecule has 3 rings (SSSR count). The van der Waals surface area contributed by atoms with Gasteiger partial charge in [-0.3, -0.25) is 9.78 Å². The third-order valence-corrected chi connectivity index (χ3v) is 2.96. The fourth-order valence-corrected chi connectivity index (χ4v) is 1.96. The lowest BCUT2D eigenvalue weighted by molar-refractivity contribution is 0.0950. The van der Waals surface area contributed by atoms with Gasteiger partial charge in [-0.25, -0.2) is 0 Å². The smallest absolute Gasteiger partial charge is 0.253 e. The normalized spacial score (nSPS) is 10.5. The van der Waals surface area contributed by atoms with Gasteiger partial charge in [0.05, 0.1) is 5.56 Å². The molecule has 0 aliphatic rings. The fourth-order valence-electron chi connectivity index (χ4n) is 1.96. The summed E-state index contributed by atoms with van der Waals surface area (Å²) in [5.41, 5.74) is 2.70. The van der Waals surface area contributed by atoms with Crippen LogP contribution in [0.4, 0.5) is 0 Å². The van der Waals surface area contributed by atoms with Gasteiger partial charge in [0.1, 0.15) is 0 Å². The summed E-state index contributed by atoms with van der Waals surface area (Å²) < 4.78 is 1.93. The van der Waals surface area contributed by atoms with E-state index in [0.29, 0.717) is 12.1 Å². The molecule has 0 unspecified atom stereocenters. The van der Waals surface area contributed by atoms with Crippen molar-refractivity contribution in [2.75, 3.05) is 0 Å². The summed E-state index contributed by atoms with van der Waals surface area (Å²) in [6, 6.07) is 11.5. The molecule has 1 amide bonds. The van der Waals surface area contributed by atoms with E-state index in [1.807, 2.05) is 53.2 Å². The lowest BCUT2D eigenvalue weighted by Gasteiger charge is -2.05. The van der Waals surface area contributed by atoms with Gasteiger partial charge >= 0.3 is 0 Å². The molecule has 0 aromatic carbocycles. The summed E-state index contributed by atoms with van der Waals surface area (Å²) in [5, 5.41) is 2.88. The van der Waals surface area contributed by atoms with Crippen molar-refractivity contribution < 1.29 is 4.79 Å². The number of carbonyl (C=O) groups is 1. The Kier molecular flexibility index (Phi) is 2.98. The second-order valence-corrected chi connectivity index (χ2v) is 4.30. The number of carbonyl (C=O) groups excluding carboxylic acids is 1.